The van der Waals surface area contributed by atoms with Gasteiger partial charge >= 0.3 is 5.97 Å². The SMILES string of the molecule is COC(=O)C1CC(NC(C)(C)C)CCC1N1CC[C@H](NC(=O)c2ccc(-c3ccc(Cl)cc3)o2)C1=O. The van der Waals surface area contributed by atoms with Crippen LogP contribution >= 0.6 is 11.6 Å². The maximum absolute atomic E-state index is 13.3. The molecule has 2 aliphatic rings. The van der Waals surface area contributed by atoms with Gasteiger partial charge in [-0.15, -0.1) is 0 Å². The second-order valence-corrected chi connectivity index (χ2v) is 11.1. The van der Waals surface area contributed by atoms with E-state index in [9.17, 15) is 14.4 Å². The van der Waals surface area contributed by atoms with Crippen LogP contribution in [0.1, 0.15) is 57.0 Å². The minimum atomic E-state index is -0.662. The minimum absolute atomic E-state index is 0.0731. The van der Waals surface area contributed by atoms with E-state index in [1.54, 1.807) is 29.2 Å². The molecule has 2 heterocycles. The van der Waals surface area contributed by atoms with E-state index in [0.29, 0.717) is 36.6 Å². The molecule has 0 spiro atoms. The predicted octanol–water partition coefficient (Wildman–Crippen LogP) is 4.03. The molecule has 1 saturated carbocycles. The maximum Gasteiger partial charge on any atom is 0.310 e. The van der Waals surface area contributed by atoms with Crippen molar-refractivity contribution in [1.29, 1.82) is 0 Å². The highest BCUT2D eigenvalue weighted by atomic mass is 35.5. The van der Waals surface area contributed by atoms with Gasteiger partial charge in [-0.1, -0.05) is 11.6 Å². The van der Waals surface area contributed by atoms with Crippen LogP contribution in [0.4, 0.5) is 0 Å². The van der Waals surface area contributed by atoms with Crippen LogP contribution in [0, 0.1) is 5.92 Å². The average molecular weight is 516 g/mol. The number of ether oxygens (including phenoxy) is 1. The summed E-state index contributed by atoms with van der Waals surface area (Å²) in [5.41, 5.74) is 0.725. The number of amides is 2. The first-order valence-electron chi connectivity index (χ1n) is 12.4. The van der Waals surface area contributed by atoms with Gasteiger partial charge in [-0.3, -0.25) is 14.4 Å². The van der Waals surface area contributed by atoms with Crippen molar-refractivity contribution in [1.82, 2.24) is 15.5 Å². The number of carbonyl (C=O) groups is 3. The third-order valence-corrected chi connectivity index (χ3v) is 7.11. The van der Waals surface area contributed by atoms with E-state index in [0.717, 1.165) is 12.0 Å². The molecular weight excluding hydrogens is 482 g/mol. The summed E-state index contributed by atoms with van der Waals surface area (Å²) in [6.07, 6.45) is 2.64. The molecule has 9 heteroatoms. The monoisotopic (exact) mass is 515 g/mol. The van der Waals surface area contributed by atoms with Gasteiger partial charge in [0.2, 0.25) is 5.91 Å². The molecule has 1 aromatic heterocycles. The normalized spacial score (nSPS) is 24.6. The lowest BCUT2D eigenvalue weighted by Gasteiger charge is -2.41. The van der Waals surface area contributed by atoms with Crippen LogP contribution in [-0.2, 0) is 14.3 Å². The zero-order valence-corrected chi connectivity index (χ0v) is 21.9. The van der Waals surface area contributed by atoms with E-state index in [2.05, 4.69) is 31.4 Å². The lowest BCUT2D eigenvalue weighted by molar-refractivity contribution is -0.151. The van der Waals surface area contributed by atoms with Crippen molar-refractivity contribution in [2.45, 2.75) is 70.1 Å². The Balaban J connectivity index is 1.40. The van der Waals surface area contributed by atoms with Crippen molar-refractivity contribution in [2.24, 2.45) is 5.92 Å². The van der Waals surface area contributed by atoms with Gasteiger partial charge in [0.25, 0.3) is 5.91 Å². The van der Waals surface area contributed by atoms with E-state index in [1.807, 2.05) is 12.1 Å². The summed E-state index contributed by atoms with van der Waals surface area (Å²) in [5.74, 6) is -0.655. The average Bonchev–Trinajstić information content (AvgIpc) is 3.46. The van der Waals surface area contributed by atoms with Crippen LogP contribution < -0.4 is 10.6 Å². The summed E-state index contributed by atoms with van der Waals surface area (Å²) < 4.78 is 10.8. The third-order valence-electron chi connectivity index (χ3n) is 6.86. The zero-order valence-electron chi connectivity index (χ0n) is 21.2. The fraction of sp³-hybridized carbons (Fsp3) is 0.519. The van der Waals surface area contributed by atoms with E-state index < -0.39 is 17.9 Å². The van der Waals surface area contributed by atoms with Gasteiger partial charge in [0, 0.05) is 34.8 Å². The van der Waals surface area contributed by atoms with Gasteiger partial charge in [0.05, 0.1) is 13.0 Å². The van der Waals surface area contributed by atoms with Crippen molar-refractivity contribution in [3.8, 4) is 11.3 Å². The van der Waals surface area contributed by atoms with Gasteiger partial charge < -0.3 is 24.7 Å². The van der Waals surface area contributed by atoms with Crippen molar-refractivity contribution < 1.29 is 23.5 Å². The molecule has 8 nitrogen and oxygen atoms in total. The lowest BCUT2D eigenvalue weighted by atomic mass is 9.80. The molecule has 1 saturated heterocycles. The molecule has 2 N–H and O–H groups in total. The summed E-state index contributed by atoms with van der Waals surface area (Å²) in [6, 6.07) is 9.69. The number of furan rings is 1. The number of benzene rings is 1. The third kappa shape index (κ3) is 5.93. The number of carbonyl (C=O) groups excluding carboxylic acids is 3. The number of methoxy groups -OCH3 is 1. The molecule has 2 aromatic rings. The summed E-state index contributed by atoms with van der Waals surface area (Å²) in [5, 5.41) is 7.00. The van der Waals surface area contributed by atoms with Crippen molar-refractivity contribution in [2.75, 3.05) is 13.7 Å². The number of hydrogen-bond donors (Lipinski definition) is 2. The number of likely N-dealkylation sites (tertiary alicyclic amines) is 1. The number of nitrogens with one attached hydrogen (secondary N) is 2. The number of nitrogens with zero attached hydrogens (tertiary/aromatic N) is 1. The highest BCUT2D eigenvalue weighted by Gasteiger charge is 2.45. The predicted molar refractivity (Wildman–Crippen MR) is 137 cm³/mol. The standard InChI is InChI=1S/C27H34ClN3O5/c1-27(2,3)30-18-9-10-21(19(15-18)26(34)35-4)31-14-13-20(25(31)33)29-24(32)23-12-11-22(36-23)16-5-7-17(28)8-6-16/h5-8,11-12,18-21,30H,9-10,13-15H2,1-4H3,(H,29,32)/t18?,19?,20-,21?/m0/s1. The fourth-order valence-electron chi connectivity index (χ4n) is 5.30. The van der Waals surface area contributed by atoms with Crippen molar-refractivity contribution >= 4 is 29.4 Å². The Bertz CT molecular complexity index is 1110. The molecule has 1 aromatic carbocycles. The number of halogens is 1. The molecule has 1 aliphatic carbocycles. The largest absolute Gasteiger partial charge is 0.469 e. The second-order valence-electron chi connectivity index (χ2n) is 10.6. The van der Waals surface area contributed by atoms with Crippen LogP contribution in [-0.4, -0.2) is 60.0 Å². The first kappa shape index (κ1) is 26.2. The van der Waals surface area contributed by atoms with E-state index >= 15 is 0 Å². The molecular formula is C27H34ClN3O5. The van der Waals surface area contributed by atoms with Gasteiger partial charge in [-0.2, -0.15) is 0 Å². The zero-order chi connectivity index (χ0) is 26.0. The highest BCUT2D eigenvalue weighted by molar-refractivity contribution is 6.30. The topological polar surface area (TPSA) is 101 Å². The molecule has 0 radical (unpaired) electrons. The molecule has 4 atom stereocenters. The Morgan fingerprint density at radius 2 is 1.81 bits per heavy atom. The molecule has 194 valence electrons. The lowest BCUT2D eigenvalue weighted by Crippen LogP contribution is -2.55. The number of esters is 1. The molecule has 4 rings (SSSR count). The Hall–Kier alpha value is -2.84. The van der Waals surface area contributed by atoms with Crippen LogP contribution in [0.25, 0.3) is 11.3 Å². The maximum atomic E-state index is 13.3. The van der Waals surface area contributed by atoms with Gasteiger partial charge in [-0.05, 0) is 82.9 Å². The summed E-state index contributed by atoms with van der Waals surface area (Å²) in [6.45, 7) is 6.77. The van der Waals surface area contributed by atoms with Crippen LogP contribution in [0.5, 0.6) is 0 Å². The first-order valence-corrected chi connectivity index (χ1v) is 12.8. The van der Waals surface area contributed by atoms with Gasteiger partial charge in [0.15, 0.2) is 5.76 Å². The van der Waals surface area contributed by atoms with Gasteiger partial charge in [0.1, 0.15) is 11.8 Å². The molecule has 2 fully saturated rings. The summed E-state index contributed by atoms with van der Waals surface area (Å²) in [4.78, 5) is 40.5. The van der Waals surface area contributed by atoms with Crippen LogP contribution in [0.3, 0.4) is 0 Å². The smallest absolute Gasteiger partial charge is 0.310 e. The summed E-state index contributed by atoms with van der Waals surface area (Å²) >= 11 is 5.94. The number of rotatable bonds is 6. The number of hydrogen-bond acceptors (Lipinski definition) is 6. The summed E-state index contributed by atoms with van der Waals surface area (Å²) in [7, 11) is 1.39. The minimum Gasteiger partial charge on any atom is -0.469 e. The van der Waals surface area contributed by atoms with Crippen molar-refractivity contribution in [3.63, 3.8) is 0 Å². The van der Waals surface area contributed by atoms with E-state index in [1.165, 1.54) is 7.11 Å². The van der Waals surface area contributed by atoms with Crippen molar-refractivity contribution in [3.05, 3.63) is 47.2 Å². The first-order chi connectivity index (χ1) is 17.1. The Kier molecular flexibility index (Phi) is 7.76. The quantitative estimate of drug-likeness (QED) is 0.563. The van der Waals surface area contributed by atoms with Crippen LogP contribution in [0.2, 0.25) is 5.02 Å². The molecule has 0 bridgehead atoms. The Morgan fingerprint density at radius 1 is 1.08 bits per heavy atom. The van der Waals surface area contributed by atoms with Crippen LogP contribution in [0.15, 0.2) is 40.8 Å². The van der Waals surface area contributed by atoms with E-state index in [-0.39, 0.29) is 35.3 Å². The molecule has 2 amide bonds. The van der Waals surface area contributed by atoms with Gasteiger partial charge in [-0.25, -0.2) is 0 Å². The van der Waals surface area contributed by atoms with E-state index in [4.69, 9.17) is 20.8 Å². The second kappa shape index (κ2) is 10.6. The Labute approximate surface area is 216 Å². The molecule has 3 unspecified atom stereocenters. The molecule has 36 heavy (non-hydrogen) atoms. The fourth-order valence-corrected chi connectivity index (χ4v) is 5.43. The highest BCUT2D eigenvalue weighted by Crippen LogP contribution is 2.33. The molecule has 1 aliphatic heterocycles. The Morgan fingerprint density at radius 3 is 2.47 bits per heavy atom.